The van der Waals surface area contributed by atoms with Crippen LogP contribution in [-0.4, -0.2) is 15.9 Å². The Bertz CT molecular complexity index is 999. The summed E-state index contributed by atoms with van der Waals surface area (Å²) in [5.41, 5.74) is 1.36. The molecule has 26 heavy (non-hydrogen) atoms. The molecule has 0 unspecified atom stereocenters. The Morgan fingerprint density at radius 2 is 1.77 bits per heavy atom. The molecule has 1 heterocycles. The molecular weight excluding hydrogens is 340 g/mol. The van der Waals surface area contributed by atoms with Crippen molar-refractivity contribution in [1.82, 2.24) is 9.97 Å². The highest BCUT2D eigenvalue weighted by Crippen LogP contribution is 2.17. The van der Waals surface area contributed by atoms with Gasteiger partial charge in [-0.15, -0.1) is 0 Å². The van der Waals surface area contributed by atoms with Gasteiger partial charge in [0.1, 0.15) is 0 Å². The Morgan fingerprint density at radius 3 is 2.46 bits per heavy atom. The van der Waals surface area contributed by atoms with Crippen molar-refractivity contribution in [1.29, 1.82) is 5.26 Å². The monoisotopic (exact) mass is 351 g/mol. The van der Waals surface area contributed by atoms with E-state index in [1.54, 1.807) is 18.2 Å². The van der Waals surface area contributed by atoms with E-state index in [1.807, 2.05) is 6.07 Å². The highest BCUT2D eigenvalue weighted by Gasteiger charge is 2.09. The number of anilines is 3. The van der Waals surface area contributed by atoms with Crippen molar-refractivity contribution in [2.24, 2.45) is 0 Å². The van der Waals surface area contributed by atoms with Gasteiger partial charge in [-0.2, -0.15) is 5.26 Å². The predicted octanol–water partition coefficient (Wildman–Crippen LogP) is 3.62. The number of aromatic nitrogens is 2. The molecule has 2 N–H and O–H groups in total. The molecule has 0 bridgehead atoms. The van der Waals surface area contributed by atoms with E-state index in [4.69, 9.17) is 5.26 Å². The number of carbonyl (C=O) groups is 1. The zero-order valence-corrected chi connectivity index (χ0v) is 13.2. The van der Waals surface area contributed by atoms with Gasteiger partial charge in [0.25, 0.3) is 5.91 Å². The highest BCUT2D eigenvalue weighted by molar-refractivity contribution is 6.04. The Morgan fingerprint density at radius 1 is 1.00 bits per heavy atom. The lowest BCUT2D eigenvalue weighted by Gasteiger charge is -2.07. The minimum absolute atomic E-state index is 0.124. The molecule has 3 aromatic rings. The SMILES string of the molecule is N#Cc1cccc(NC(=O)c2cnc(Nc3ccc(F)c(F)c3)nc2)c1. The van der Waals surface area contributed by atoms with Crippen LogP contribution >= 0.6 is 0 Å². The molecule has 1 aromatic heterocycles. The van der Waals surface area contributed by atoms with Gasteiger partial charge in [-0.1, -0.05) is 6.07 Å². The van der Waals surface area contributed by atoms with E-state index in [-0.39, 0.29) is 17.2 Å². The van der Waals surface area contributed by atoms with Crippen LogP contribution in [0.4, 0.5) is 26.1 Å². The summed E-state index contributed by atoms with van der Waals surface area (Å²) in [6, 6.07) is 11.7. The molecule has 0 atom stereocenters. The molecule has 128 valence electrons. The first-order chi connectivity index (χ1) is 12.5. The van der Waals surface area contributed by atoms with Crippen molar-refractivity contribution in [3.63, 3.8) is 0 Å². The first-order valence-electron chi connectivity index (χ1n) is 7.41. The molecule has 6 nitrogen and oxygen atoms in total. The number of rotatable bonds is 4. The van der Waals surface area contributed by atoms with Crippen molar-refractivity contribution in [2.45, 2.75) is 0 Å². The van der Waals surface area contributed by atoms with E-state index < -0.39 is 17.5 Å². The highest BCUT2D eigenvalue weighted by atomic mass is 19.2. The number of nitrogens with zero attached hydrogens (tertiary/aromatic N) is 3. The zero-order chi connectivity index (χ0) is 18.5. The van der Waals surface area contributed by atoms with Gasteiger partial charge in [0.05, 0.1) is 17.2 Å². The fourth-order valence-electron chi connectivity index (χ4n) is 2.08. The first-order valence-corrected chi connectivity index (χ1v) is 7.41. The molecule has 8 heteroatoms. The van der Waals surface area contributed by atoms with Crippen LogP contribution in [0.3, 0.4) is 0 Å². The maximum Gasteiger partial charge on any atom is 0.258 e. The molecule has 0 spiro atoms. The number of benzene rings is 2. The standard InChI is InChI=1S/C18H11F2N5O/c19-15-5-4-14(7-16(15)20)25-18-22-9-12(10-23-18)17(26)24-13-3-1-2-11(6-13)8-21/h1-7,9-10H,(H,24,26)(H,22,23,25). The summed E-state index contributed by atoms with van der Waals surface area (Å²) in [5, 5.41) is 14.2. The number of nitriles is 1. The molecule has 0 saturated carbocycles. The van der Waals surface area contributed by atoms with Gasteiger partial charge in [0.15, 0.2) is 11.6 Å². The Balaban J connectivity index is 1.69. The fourth-order valence-corrected chi connectivity index (χ4v) is 2.08. The van der Waals surface area contributed by atoms with Crippen LogP contribution in [-0.2, 0) is 0 Å². The third-order valence-electron chi connectivity index (χ3n) is 3.34. The minimum Gasteiger partial charge on any atom is -0.324 e. The van der Waals surface area contributed by atoms with Crippen LogP contribution in [0.5, 0.6) is 0 Å². The van der Waals surface area contributed by atoms with Crippen LogP contribution in [0.2, 0.25) is 0 Å². The Labute approximate surface area is 147 Å². The molecular formula is C18H11F2N5O. The average Bonchev–Trinajstić information content (AvgIpc) is 2.65. The number of nitrogens with one attached hydrogen (secondary N) is 2. The molecule has 0 aliphatic carbocycles. The molecule has 0 aliphatic rings. The summed E-state index contributed by atoms with van der Waals surface area (Å²) in [6.45, 7) is 0. The number of hydrogen-bond acceptors (Lipinski definition) is 5. The Kier molecular flexibility index (Phi) is 4.80. The van der Waals surface area contributed by atoms with E-state index in [1.165, 1.54) is 24.5 Å². The summed E-state index contributed by atoms with van der Waals surface area (Å²) in [7, 11) is 0. The number of amides is 1. The van der Waals surface area contributed by atoms with E-state index >= 15 is 0 Å². The lowest BCUT2D eigenvalue weighted by molar-refractivity contribution is 0.102. The van der Waals surface area contributed by atoms with Crippen LogP contribution in [0.25, 0.3) is 0 Å². The predicted molar refractivity (Wildman–Crippen MR) is 90.8 cm³/mol. The van der Waals surface area contributed by atoms with Gasteiger partial charge in [-0.3, -0.25) is 4.79 Å². The number of hydrogen-bond donors (Lipinski definition) is 2. The van der Waals surface area contributed by atoms with Gasteiger partial charge in [0, 0.05) is 29.8 Å². The van der Waals surface area contributed by atoms with Crippen LogP contribution in [0.1, 0.15) is 15.9 Å². The topological polar surface area (TPSA) is 90.7 Å². The largest absolute Gasteiger partial charge is 0.324 e. The van der Waals surface area contributed by atoms with Gasteiger partial charge < -0.3 is 10.6 Å². The van der Waals surface area contributed by atoms with E-state index in [2.05, 4.69) is 20.6 Å². The zero-order valence-electron chi connectivity index (χ0n) is 13.2. The lowest BCUT2D eigenvalue weighted by Crippen LogP contribution is -2.13. The summed E-state index contributed by atoms with van der Waals surface area (Å²) >= 11 is 0. The van der Waals surface area contributed by atoms with Gasteiger partial charge >= 0.3 is 0 Å². The second-order valence-corrected chi connectivity index (χ2v) is 5.20. The van der Waals surface area contributed by atoms with E-state index in [9.17, 15) is 13.6 Å². The van der Waals surface area contributed by atoms with Crippen LogP contribution in [0, 0.1) is 23.0 Å². The number of carbonyl (C=O) groups excluding carboxylic acids is 1. The van der Waals surface area contributed by atoms with Gasteiger partial charge in [0.2, 0.25) is 5.95 Å². The third kappa shape index (κ3) is 3.96. The summed E-state index contributed by atoms with van der Waals surface area (Å²) < 4.78 is 26.1. The van der Waals surface area contributed by atoms with Crippen molar-refractivity contribution < 1.29 is 13.6 Å². The third-order valence-corrected chi connectivity index (χ3v) is 3.34. The first kappa shape index (κ1) is 17.0. The van der Waals surface area contributed by atoms with E-state index in [0.717, 1.165) is 12.1 Å². The average molecular weight is 351 g/mol. The van der Waals surface area contributed by atoms with Crippen molar-refractivity contribution in [3.05, 3.63) is 77.6 Å². The molecule has 0 saturated heterocycles. The minimum atomic E-state index is -0.995. The van der Waals surface area contributed by atoms with Crippen molar-refractivity contribution in [3.8, 4) is 6.07 Å². The van der Waals surface area contributed by atoms with Crippen molar-refractivity contribution >= 4 is 23.2 Å². The maximum absolute atomic E-state index is 13.2. The normalized spacial score (nSPS) is 10.0. The molecule has 2 aromatic carbocycles. The van der Waals surface area contributed by atoms with Gasteiger partial charge in [-0.05, 0) is 30.3 Å². The molecule has 3 rings (SSSR count). The van der Waals surface area contributed by atoms with Gasteiger partial charge in [-0.25, -0.2) is 18.7 Å². The second-order valence-electron chi connectivity index (χ2n) is 5.20. The fraction of sp³-hybridized carbons (Fsp3) is 0. The maximum atomic E-state index is 13.2. The molecule has 0 aliphatic heterocycles. The second kappa shape index (κ2) is 7.36. The summed E-state index contributed by atoms with van der Waals surface area (Å²) in [6.07, 6.45) is 2.58. The summed E-state index contributed by atoms with van der Waals surface area (Å²) in [4.78, 5) is 20.1. The van der Waals surface area contributed by atoms with Crippen molar-refractivity contribution in [2.75, 3.05) is 10.6 Å². The van der Waals surface area contributed by atoms with Crippen LogP contribution in [0.15, 0.2) is 54.9 Å². The summed E-state index contributed by atoms with van der Waals surface area (Å²) in [5.74, 6) is -2.27. The Hall–Kier alpha value is -3.86. The quantitative estimate of drug-likeness (QED) is 0.749. The lowest BCUT2D eigenvalue weighted by atomic mass is 10.2. The van der Waals surface area contributed by atoms with E-state index in [0.29, 0.717) is 11.3 Å². The molecule has 1 amide bonds. The number of halogens is 2. The molecule has 0 radical (unpaired) electrons. The smallest absolute Gasteiger partial charge is 0.258 e. The molecule has 0 fully saturated rings. The van der Waals surface area contributed by atoms with Crippen LogP contribution < -0.4 is 10.6 Å².